The molecular formula is C29H35ClFN3O2. The maximum Gasteiger partial charge on any atom is 0.187 e. The third-order valence-electron chi connectivity index (χ3n) is 7.20. The standard InChI is InChI=1S/C29H35ClFN3O2/c1-22-20-33(21-23-3-6-26(31)7-4-23)17-18-34(22)14-10-28(35)27-8-5-25(30)19-24(27)9-11-29(36)12-15-32(2)16-13-29/h3-11,14,19,22,36H,12-13,15-18,20-21H2,1-2H3/b11-9+,14-10+/t22-/m0/s1. The van der Waals surface area contributed by atoms with Gasteiger partial charge in [0.25, 0.3) is 0 Å². The molecule has 0 aromatic heterocycles. The van der Waals surface area contributed by atoms with Crippen molar-refractivity contribution in [1.82, 2.24) is 14.7 Å². The van der Waals surface area contributed by atoms with Crippen LogP contribution < -0.4 is 0 Å². The minimum absolute atomic E-state index is 0.0948. The zero-order valence-electron chi connectivity index (χ0n) is 21.0. The van der Waals surface area contributed by atoms with Gasteiger partial charge in [-0.2, -0.15) is 0 Å². The molecule has 5 nitrogen and oxygen atoms in total. The maximum absolute atomic E-state index is 13.2. The zero-order chi connectivity index (χ0) is 25.7. The van der Waals surface area contributed by atoms with Gasteiger partial charge in [-0.3, -0.25) is 9.69 Å². The highest BCUT2D eigenvalue weighted by molar-refractivity contribution is 6.31. The monoisotopic (exact) mass is 511 g/mol. The smallest absolute Gasteiger partial charge is 0.187 e. The highest BCUT2D eigenvalue weighted by atomic mass is 35.5. The third kappa shape index (κ3) is 7.04. The number of hydrogen-bond acceptors (Lipinski definition) is 5. The molecule has 1 N–H and O–H groups in total. The molecule has 0 spiro atoms. The van der Waals surface area contributed by atoms with Crippen LogP contribution in [0.5, 0.6) is 0 Å². The number of hydrogen-bond donors (Lipinski definition) is 1. The molecule has 2 aromatic rings. The van der Waals surface area contributed by atoms with Gasteiger partial charge < -0.3 is 14.9 Å². The Morgan fingerprint density at radius 3 is 2.56 bits per heavy atom. The van der Waals surface area contributed by atoms with E-state index in [0.717, 1.165) is 44.8 Å². The molecule has 4 rings (SSSR count). The van der Waals surface area contributed by atoms with Crippen molar-refractivity contribution in [2.75, 3.05) is 39.8 Å². The largest absolute Gasteiger partial charge is 0.386 e. The summed E-state index contributed by atoms with van der Waals surface area (Å²) in [6, 6.07) is 12.1. The van der Waals surface area contributed by atoms with Crippen LogP contribution in [-0.2, 0) is 6.54 Å². The van der Waals surface area contributed by atoms with Gasteiger partial charge in [0.2, 0.25) is 0 Å². The predicted octanol–water partition coefficient (Wildman–Crippen LogP) is 4.85. The number of rotatable bonds is 7. The number of piperazine rings is 1. The minimum Gasteiger partial charge on any atom is -0.386 e. The number of allylic oxidation sites excluding steroid dienone is 1. The van der Waals surface area contributed by atoms with Crippen LogP contribution in [0.2, 0.25) is 5.02 Å². The molecule has 2 aliphatic heterocycles. The highest BCUT2D eigenvalue weighted by Gasteiger charge is 2.28. The minimum atomic E-state index is -0.867. The molecule has 2 fully saturated rings. The lowest BCUT2D eigenvalue weighted by Gasteiger charge is -2.39. The molecular weight excluding hydrogens is 477 g/mol. The highest BCUT2D eigenvalue weighted by Crippen LogP contribution is 2.26. The quantitative estimate of drug-likeness (QED) is 0.425. The van der Waals surface area contributed by atoms with Crippen LogP contribution in [0.1, 0.15) is 41.3 Å². The van der Waals surface area contributed by atoms with Crippen molar-refractivity contribution in [3.8, 4) is 0 Å². The van der Waals surface area contributed by atoms with Crippen LogP contribution in [0.4, 0.5) is 4.39 Å². The summed E-state index contributed by atoms with van der Waals surface area (Å²) in [7, 11) is 2.05. The molecule has 2 heterocycles. The molecule has 2 aromatic carbocycles. The first kappa shape index (κ1) is 26.6. The van der Waals surface area contributed by atoms with Crippen molar-refractivity contribution < 1.29 is 14.3 Å². The normalized spacial score (nSPS) is 21.5. The van der Waals surface area contributed by atoms with Crippen LogP contribution in [0.3, 0.4) is 0 Å². The number of halogens is 2. The van der Waals surface area contributed by atoms with E-state index in [2.05, 4.69) is 28.7 Å². The van der Waals surface area contributed by atoms with Crippen molar-refractivity contribution in [2.24, 2.45) is 0 Å². The first-order chi connectivity index (χ1) is 17.2. The molecule has 7 heteroatoms. The lowest BCUT2D eigenvalue weighted by Crippen LogP contribution is -2.49. The second-order valence-corrected chi connectivity index (χ2v) is 10.5. The van der Waals surface area contributed by atoms with Crippen LogP contribution in [-0.4, -0.2) is 77.0 Å². The van der Waals surface area contributed by atoms with Crippen molar-refractivity contribution in [3.63, 3.8) is 0 Å². The Balaban J connectivity index is 1.39. The SMILES string of the molecule is C[C@H]1CN(Cc2ccc(F)cc2)CCN1/C=C/C(=O)c1ccc(Cl)cc1/C=C/C1(O)CCN(C)CC1. The molecule has 0 aliphatic carbocycles. The fourth-order valence-corrected chi connectivity index (χ4v) is 5.01. The van der Waals surface area contributed by atoms with Crippen LogP contribution >= 0.6 is 11.6 Å². The van der Waals surface area contributed by atoms with E-state index in [9.17, 15) is 14.3 Å². The Labute approximate surface area is 218 Å². The number of ketones is 1. The zero-order valence-corrected chi connectivity index (χ0v) is 21.8. The van der Waals surface area contributed by atoms with Crippen LogP contribution in [0.25, 0.3) is 6.08 Å². The fraction of sp³-hybridized carbons (Fsp3) is 0.414. The van der Waals surface area contributed by atoms with Gasteiger partial charge in [0.1, 0.15) is 5.82 Å². The molecule has 36 heavy (non-hydrogen) atoms. The van der Waals surface area contributed by atoms with Crippen LogP contribution in [0, 0.1) is 5.82 Å². The van der Waals surface area contributed by atoms with E-state index in [0.29, 0.717) is 29.0 Å². The predicted molar refractivity (Wildman–Crippen MR) is 143 cm³/mol. The summed E-state index contributed by atoms with van der Waals surface area (Å²) in [4.78, 5) is 19.9. The lowest BCUT2D eigenvalue weighted by atomic mass is 9.90. The summed E-state index contributed by atoms with van der Waals surface area (Å²) >= 11 is 6.23. The summed E-state index contributed by atoms with van der Waals surface area (Å²) in [5.74, 6) is -0.314. The summed E-state index contributed by atoms with van der Waals surface area (Å²) in [6.07, 6.45) is 8.47. The third-order valence-corrected chi connectivity index (χ3v) is 7.44. The molecule has 2 aliphatic rings. The van der Waals surface area contributed by atoms with E-state index in [-0.39, 0.29) is 17.6 Å². The Kier molecular flexibility index (Phi) is 8.62. The fourth-order valence-electron chi connectivity index (χ4n) is 4.83. The average Bonchev–Trinajstić information content (AvgIpc) is 2.86. The summed E-state index contributed by atoms with van der Waals surface area (Å²) in [5.41, 5.74) is 1.50. The van der Waals surface area contributed by atoms with Gasteiger partial charge in [-0.05, 0) is 68.3 Å². The summed E-state index contributed by atoms with van der Waals surface area (Å²) < 4.78 is 13.2. The summed E-state index contributed by atoms with van der Waals surface area (Å²) in [5, 5.41) is 11.5. The number of likely N-dealkylation sites (tertiary alicyclic amines) is 1. The second kappa shape index (κ2) is 11.7. The molecule has 0 bridgehead atoms. The number of piperidine rings is 1. The Morgan fingerprint density at radius 1 is 1.14 bits per heavy atom. The van der Waals surface area contributed by atoms with Gasteiger partial charge in [0, 0.05) is 68.2 Å². The van der Waals surface area contributed by atoms with Gasteiger partial charge in [-0.1, -0.05) is 35.9 Å². The van der Waals surface area contributed by atoms with E-state index in [4.69, 9.17) is 11.6 Å². The Morgan fingerprint density at radius 2 is 1.86 bits per heavy atom. The van der Waals surface area contributed by atoms with Crippen molar-refractivity contribution in [1.29, 1.82) is 0 Å². The van der Waals surface area contributed by atoms with E-state index < -0.39 is 5.60 Å². The van der Waals surface area contributed by atoms with Gasteiger partial charge in [-0.15, -0.1) is 0 Å². The topological polar surface area (TPSA) is 47.0 Å². The summed E-state index contributed by atoms with van der Waals surface area (Å²) in [6.45, 7) is 7.12. The lowest BCUT2D eigenvalue weighted by molar-refractivity contribution is 0.0272. The Hall–Kier alpha value is -2.51. The molecule has 2 saturated heterocycles. The van der Waals surface area contributed by atoms with Gasteiger partial charge in [0.05, 0.1) is 5.60 Å². The van der Waals surface area contributed by atoms with E-state index in [1.54, 1.807) is 24.3 Å². The average molecular weight is 512 g/mol. The number of carbonyl (C=O) groups is 1. The number of carbonyl (C=O) groups excluding carboxylic acids is 1. The maximum atomic E-state index is 13.2. The van der Waals surface area contributed by atoms with E-state index in [1.807, 2.05) is 30.5 Å². The van der Waals surface area contributed by atoms with Crippen molar-refractivity contribution in [3.05, 3.63) is 88.3 Å². The molecule has 0 saturated carbocycles. The van der Waals surface area contributed by atoms with Crippen molar-refractivity contribution >= 4 is 23.5 Å². The second-order valence-electron chi connectivity index (χ2n) is 10.1. The van der Waals surface area contributed by atoms with Gasteiger partial charge in [-0.25, -0.2) is 4.39 Å². The molecule has 0 radical (unpaired) electrons. The van der Waals surface area contributed by atoms with E-state index >= 15 is 0 Å². The first-order valence-corrected chi connectivity index (χ1v) is 12.9. The van der Waals surface area contributed by atoms with Gasteiger partial charge >= 0.3 is 0 Å². The number of aliphatic hydroxyl groups is 1. The van der Waals surface area contributed by atoms with Gasteiger partial charge in [0.15, 0.2) is 5.78 Å². The molecule has 192 valence electrons. The Bertz CT molecular complexity index is 1110. The van der Waals surface area contributed by atoms with Crippen molar-refractivity contribution in [2.45, 2.75) is 38.0 Å². The molecule has 0 unspecified atom stereocenters. The number of benzene rings is 2. The molecule has 1 atom stereocenters. The first-order valence-electron chi connectivity index (χ1n) is 12.6. The number of nitrogens with zero attached hydrogens (tertiary/aromatic N) is 3. The van der Waals surface area contributed by atoms with Crippen LogP contribution in [0.15, 0.2) is 60.8 Å². The molecule has 0 amide bonds. The van der Waals surface area contributed by atoms with E-state index in [1.165, 1.54) is 12.1 Å².